The van der Waals surface area contributed by atoms with Gasteiger partial charge in [0.05, 0.1) is 14.0 Å². The van der Waals surface area contributed by atoms with Crippen LogP contribution in [0.15, 0.2) is 21.3 Å². The molecule has 1 unspecified atom stereocenters. The van der Waals surface area contributed by atoms with E-state index < -0.39 is 22.7 Å². The topological polar surface area (TPSA) is 116 Å². The molecular weight excluding hydrogens is 371 g/mol. The molecule has 1 atom stereocenters. The number of rotatable bonds is 3. The molecule has 8 nitrogen and oxygen atoms in total. The second-order valence-corrected chi connectivity index (χ2v) is 4.95. The molecule has 0 spiro atoms. The third-order valence-electron chi connectivity index (χ3n) is 2.61. The van der Waals surface area contributed by atoms with Gasteiger partial charge in [-0.3, -0.25) is 14.7 Å². The summed E-state index contributed by atoms with van der Waals surface area (Å²) in [5.74, 6) is -2.09. The number of carbonyl (C=O) groups is 1. The maximum Gasteiger partial charge on any atom is 0.420 e. The van der Waals surface area contributed by atoms with Crippen molar-refractivity contribution in [3.05, 3.63) is 36.4 Å². The molecule has 2 rings (SSSR count). The smallest absolute Gasteiger partial charge is 0.420 e. The number of hydrogen-bond donors (Lipinski definition) is 1. The largest absolute Gasteiger partial charge is 0.480 e. The first-order chi connectivity index (χ1) is 8.82. The van der Waals surface area contributed by atoms with Gasteiger partial charge in [0.15, 0.2) is 5.58 Å². The first-order valence-electron chi connectivity index (χ1n) is 5.04. The van der Waals surface area contributed by atoms with Gasteiger partial charge in [-0.05, 0) is 29.5 Å². The summed E-state index contributed by atoms with van der Waals surface area (Å²) in [6.07, 6.45) is 0. The summed E-state index contributed by atoms with van der Waals surface area (Å²) in [7, 11) is 0. The van der Waals surface area contributed by atoms with E-state index in [4.69, 9.17) is 9.52 Å². The van der Waals surface area contributed by atoms with Crippen molar-refractivity contribution in [3.8, 4) is 0 Å². The van der Waals surface area contributed by atoms with Gasteiger partial charge < -0.3 is 9.52 Å². The van der Waals surface area contributed by atoms with Crippen LogP contribution in [0.1, 0.15) is 13.0 Å². The highest BCUT2D eigenvalue weighted by Gasteiger charge is 2.24. The molecule has 0 saturated carbocycles. The van der Waals surface area contributed by atoms with Crippen LogP contribution in [0.25, 0.3) is 11.1 Å². The third-order valence-corrected chi connectivity index (χ3v) is 3.41. The predicted molar refractivity (Wildman–Crippen MR) is 72.2 cm³/mol. The van der Waals surface area contributed by atoms with E-state index in [1.807, 2.05) is 0 Å². The second-order valence-electron chi connectivity index (χ2n) is 3.79. The van der Waals surface area contributed by atoms with Crippen LogP contribution in [0.5, 0.6) is 0 Å². The van der Waals surface area contributed by atoms with E-state index in [-0.39, 0.29) is 16.8 Å². The number of carboxylic acid groups (broad SMARTS) is 1. The molecule has 0 aliphatic rings. The first-order valence-corrected chi connectivity index (χ1v) is 6.12. The highest BCUT2D eigenvalue weighted by atomic mass is 127. The van der Waals surface area contributed by atoms with Crippen molar-refractivity contribution < 1.29 is 19.2 Å². The van der Waals surface area contributed by atoms with Gasteiger partial charge >= 0.3 is 11.7 Å². The fourth-order valence-corrected chi connectivity index (χ4v) is 2.37. The van der Waals surface area contributed by atoms with E-state index >= 15 is 0 Å². The SMILES string of the molecule is CC(C(=O)O)n1c(=O)oc2c(I)cc([N+](=O)[O-])cc21. The molecule has 0 fully saturated rings. The van der Waals surface area contributed by atoms with E-state index in [1.165, 1.54) is 13.0 Å². The van der Waals surface area contributed by atoms with Gasteiger partial charge in [0.25, 0.3) is 5.69 Å². The Bertz CT molecular complexity index is 746. The monoisotopic (exact) mass is 378 g/mol. The number of halogens is 1. The lowest BCUT2D eigenvalue weighted by Gasteiger charge is -2.06. The predicted octanol–water partition coefficient (Wildman–Crippen LogP) is 1.75. The zero-order chi connectivity index (χ0) is 14.3. The molecule has 9 heteroatoms. The van der Waals surface area contributed by atoms with Gasteiger partial charge in [0, 0.05) is 12.1 Å². The lowest BCUT2D eigenvalue weighted by atomic mass is 10.2. The standard InChI is InChI=1S/C10H7IN2O6/c1-4(9(14)15)12-7-3-5(13(17)18)2-6(11)8(7)19-10(12)16/h2-4H,1H3,(H,14,15). The number of fused-ring (bicyclic) bond motifs is 1. The summed E-state index contributed by atoms with van der Waals surface area (Å²) >= 11 is 1.79. The van der Waals surface area contributed by atoms with Gasteiger partial charge in [0.2, 0.25) is 0 Å². The highest BCUT2D eigenvalue weighted by molar-refractivity contribution is 14.1. The summed E-state index contributed by atoms with van der Waals surface area (Å²) in [5.41, 5.74) is 0.00633. The average Bonchev–Trinajstić information content (AvgIpc) is 2.64. The Hall–Kier alpha value is -1.91. The minimum atomic E-state index is -1.23. The zero-order valence-corrected chi connectivity index (χ0v) is 11.7. The van der Waals surface area contributed by atoms with E-state index in [0.29, 0.717) is 3.57 Å². The fourth-order valence-electron chi connectivity index (χ4n) is 1.66. The van der Waals surface area contributed by atoms with Crippen molar-refractivity contribution >= 4 is 45.3 Å². The van der Waals surface area contributed by atoms with Crippen molar-refractivity contribution in [2.45, 2.75) is 13.0 Å². The number of oxazole rings is 1. The number of nitro benzene ring substituents is 1. The fraction of sp³-hybridized carbons (Fsp3) is 0.200. The van der Waals surface area contributed by atoms with Crippen LogP contribution in [0.3, 0.4) is 0 Å². The molecule has 2 aromatic rings. The van der Waals surface area contributed by atoms with Crippen molar-refractivity contribution in [1.82, 2.24) is 4.57 Å². The third kappa shape index (κ3) is 2.20. The molecule has 0 aliphatic heterocycles. The molecule has 0 radical (unpaired) electrons. The summed E-state index contributed by atoms with van der Waals surface area (Å²) < 4.78 is 6.20. The number of nitrogens with zero attached hydrogens (tertiary/aromatic N) is 2. The van der Waals surface area contributed by atoms with Gasteiger partial charge in [0.1, 0.15) is 6.04 Å². The van der Waals surface area contributed by atoms with Crippen LogP contribution < -0.4 is 5.76 Å². The lowest BCUT2D eigenvalue weighted by Crippen LogP contribution is -2.24. The van der Waals surface area contributed by atoms with Gasteiger partial charge in [-0.2, -0.15) is 0 Å². The number of aromatic nitrogens is 1. The van der Waals surface area contributed by atoms with Crippen LogP contribution in [-0.4, -0.2) is 20.6 Å². The molecule has 0 bridgehead atoms. The number of carboxylic acids is 1. The Morgan fingerprint density at radius 1 is 1.58 bits per heavy atom. The van der Waals surface area contributed by atoms with Crippen molar-refractivity contribution in [3.63, 3.8) is 0 Å². The van der Waals surface area contributed by atoms with Crippen LogP contribution in [0.2, 0.25) is 0 Å². The second kappa shape index (κ2) is 4.64. The average molecular weight is 378 g/mol. The molecule has 1 heterocycles. The van der Waals surface area contributed by atoms with E-state index in [9.17, 15) is 19.7 Å². The van der Waals surface area contributed by atoms with Crippen molar-refractivity contribution in [2.75, 3.05) is 0 Å². The molecule has 1 aromatic carbocycles. The van der Waals surface area contributed by atoms with E-state index in [0.717, 1.165) is 10.6 Å². The van der Waals surface area contributed by atoms with Crippen molar-refractivity contribution in [1.29, 1.82) is 0 Å². The van der Waals surface area contributed by atoms with Crippen molar-refractivity contribution in [2.24, 2.45) is 0 Å². The Labute approximate surface area is 118 Å². The summed E-state index contributed by atoms with van der Waals surface area (Å²) in [6.45, 7) is 1.30. The summed E-state index contributed by atoms with van der Waals surface area (Å²) in [6, 6.07) is 1.20. The van der Waals surface area contributed by atoms with Gasteiger partial charge in [-0.1, -0.05) is 0 Å². The molecule has 1 N–H and O–H groups in total. The summed E-state index contributed by atoms with van der Waals surface area (Å²) in [4.78, 5) is 32.8. The van der Waals surface area contributed by atoms with Crippen LogP contribution in [0.4, 0.5) is 5.69 Å². The highest BCUT2D eigenvalue weighted by Crippen LogP contribution is 2.27. The Morgan fingerprint density at radius 2 is 2.21 bits per heavy atom. The summed E-state index contributed by atoms with van der Waals surface area (Å²) in [5, 5.41) is 19.7. The molecule has 1 aromatic heterocycles. The first kappa shape index (κ1) is 13.5. The number of nitro groups is 1. The normalized spacial score (nSPS) is 12.5. The lowest BCUT2D eigenvalue weighted by molar-refractivity contribution is -0.384. The molecule has 0 saturated heterocycles. The maximum atomic E-state index is 11.7. The Kier molecular flexibility index (Phi) is 3.30. The molecule has 0 amide bonds. The van der Waals surface area contributed by atoms with Gasteiger partial charge in [-0.15, -0.1) is 0 Å². The maximum absolute atomic E-state index is 11.7. The number of hydrogen-bond acceptors (Lipinski definition) is 5. The minimum Gasteiger partial charge on any atom is -0.480 e. The quantitative estimate of drug-likeness (QED) is 0.494. The molecule has 100 valence electrons. The number of benzene rings is 1. The van der Waals surface area contributed by atoms with Crippen LogP contribution in [-0.2, 0) is 4.79 Å². The Morgan fingerprint density at radius 3 is 2.74 bits per heavy atom. The Balaban J connectivity index is 2.84. The van der Waals surface area contributed by atoms with Crippen LogP contribution >= 0.6 is 22.6 Å². The van der Waals surface area contributed by atoms with E-state index in [1.54, 1.807) is 22.6 Å². The number of aliphatic carboxylic acids is 1. The molecule has 19 heavy (non-hydrogen) atoms. The van der Waals surface area contributed by atoms with Crippen LogP contribution in [0, 0.1) is 13.7 Å². The molecular formula is C10H7IN2O6. The van der Waals surface area contributed by atoms with E-state index in [2.05, 4.69) is 0 Å². The minimum absolute atomic E-state index is 0.0958. The zero-order valence-electron chi connectivity index (χ0n) is 9.49. The number of non-ortho nitro benzene ring substituents is 1. The van der Waals surface area contributed by atoms with Gasteiger partial charge in [-0.25, -0.2) is 9.59 Å². The molecule has 0 aliphatic carbocycles.